The second kappa shape index (κ2) is 8.19. The molecular formula is C20H21N5O5. The van der Waals surface area contributed by atoms with Crippen LogP contribution in [0.4, 0.5) is 5.69 Å². The van der Waals surface area contributed by atoms with Gasteiger partial charge in [-0.1, -0.05) is 0 Å². The molecule has 0 aliphatic heterocycles. The Labute approximate surface area is 171 Å². The molecule has 0 fully saturated rings. The van der Waals surface area contributed by atoms with Gasteiger partial charge in [-0.3, -0.25) is 23.5 Å². The van der Waals surface area contributed by atoms with E-state index in [1.807, 2.05) is 0 Å². The fraction of sp³-hybridized carbons (Fsp3) is 0.250. The lowest BCUT2D eigenvalue weighted by Crippen LogP contribution is -2.38. The van der Waals surface area contributed by atoms with E-state index in [0.717, 1.165) is 4.57 Å². The van der Waals surface area contributed by atoms with E-state index in [0.29, 0.717) is 11.4 Å². The molecule has 0 bridgehead atoms. The van der Waals surface area contributed by atoms with E-state index in [1.165, 1.54) is 42.7 Å². The van der Waals surface area contributed by atoms with Crippen molar-refractivity contribution in [2.24, 2.45) is 14.1 Å². The van der Waals surface area contributed by atoms with Gasteiger partial charge in [-0.25, -0.2) is 9.78 Å². The monoisotopic (exact) mass is 411 g/mol. The summed E-state index contributed by atoms with van der Waals surface area (Å²) in [5.41, 5.74) is -0.351. The molecule has 10 nitrogen and oxygen atoms in total. The normalized spacial score (nSPS) is 10.7. The molecule has 0 spiro atoms. The number of amides is 2. The second-order valence-electron chi connectivity index (χ2n) is 6.71. The van der Waals surface area contributed by atoms with Crippen molar-refractivity contribution in [2.75, 3.05) is 26.0 Å². The molecule has 3 aromatic rings. The molecule has 0 aliphatic rings. The van der Waals surface area contributed by atoms with Crippen LogP contribution < -0.4 is 21.3 Å². The molecule has 2 aromatic heterocycles. The summed E-state index contributed by atoms with van der Waals surface area (Å²) in [5, 5.41) is 2.91. The minimum absolute atomic E-state index is 0.0190. The van der Waals surface area contributed by atoms with Crippen molar-refractivity contribution in [2.45, 2.75) is 0 Å². The maximum absolute atomic E-state index is 12.7. The van der Waals surface area contributed by atoms with E-state index < -0.39 is 23.1 Å². The summed E-state index contributed by atoms with van der Waals surface area (Å²) in [4.78, 5) is 54.7. The number of aromatic nitrogens is 3. The van der Waals surface area contributed by atoms with Crippen LogP contribution in [0.2, 0.25) is 0 Å². The molecule has 0 unspecified atom stereocenters. The molecule has 0 saturated carbocycles. The molecule has 0 radical (unpaired) electrons. The number of nitrogens with zero attached hydrogens (tertiary/aromatic N) is 4. The number of likely N-dealkylation sites (N-methyl/N-ethyl adjacent to an activating group) is 1. The summed E-state index contributed by atoms with van der Waals surface area (Å²) in [6.07, 6.45) is 0. The Kier molecular flexibility index (Phi) is 5.67. The Morgan fingerprint density at radius 2 is 1.73 bits per heavy atom. The predicted octanol–water partition coefficient (Wildman–Crippen LogP) is 0.351. The zero-order valence-corrected chi connectivity index (χ0v) is 17.0. The summed E-state index contributed by atoms with van der Waals surface area (Å²) in [5.74, 6) is -0.250. The SMILES string of the molecule is COc1ccc(NC(=O)CN(C)C(=O)c2ccc3c(=O)n(C)c(=O)n(C)c3n2)cc1. The Balaban J connectivity index is 1.78. The standard InChI is InChI=1S/C20H21N5O5/c1-23(11-16(26)21-12-5-7-13(30-4)8-6-12)19(28)15-10-9-14-17(22-15)24(2)20(29)25(3)18(14)27/h5-10H,11H2,1-4H3,(H,21,26). The van der Waals surface area contributed by atoms with Gasteiger partial charge in [0.15, 0.2) is 0 Å². The van der Waals surface area contributed by atoms with Gasteiger partial charge in [0.05, 0.1) is 19.0 Å². The summed E-state index contributed by atoms with van der Waals surface area (Å²) >= 11 is 0. The molecule has 2 heterocycles. The number of ether oxygens (including phenoxy) is 1. The third kappa shape index (κ3) is 3.93. The molecule has 2 amide bonds. The highest BCUT2D eigenvalue weighted by atomic mass is 16.5. The van der Waals surface area contributed by atoms with Crippen LogP contribution >= 0.6 is 0 Å². The van der Waals surface area contributed by atoms with Crippen LogP contribution in [-0.2, 0) is 18.9 Å². The summed E-state index contributed by atoms with van der Waals surface area (Å²) in [6.45, 7) is -0.208. The van der Waals surface area contributed by atoms with E-state index >= 15 is 0 Å². The van der Waals surface area contributed by atoms with Crippen LogP contribution in [0, 0.1) is 0 Å². The number of carbonyl (C=O) groups is 2. The molecule has 1 aromatic carbocycles. The third-order valence-corrected chi connectivity index (χ3v) is 4.62. The maximum atomic E-state index is 12.7. The lowest BCUT2D eigenvalue weighted by Gasteiger charge is -2.17. The minimum Gasteiger partial charge on any atom is -0.497 e. The van der Waals surface area contributed by atoms with Crippen LogP contribution in [-0.4, -0.2) is 51.5 Å². The summed E-state index contributed by atoms with van der Waals surface area (Å²) in [6, 6.07) is 9.63. The Bertz CT molecular complexity index is 1240. The number of anilines is 1. The number of nitrogens with one attached hydrogen (secondary N) is 1. The zero-order valence-electron chi connectivity index (χ0n) is 17.0. The zero-order chi connectivity index (χ0) is 22.0. The number of carbonyl (C=O) groups excluding carboxylic acids is 2. The smallest absolute Gasteiger partial charge is 0.332 e. The first-order chi connectivity index (χ1) is 14.2. The lowest BCUT2D eigenvalue weighted by molar-refractivity contribution is -0.116. The summed E-state index contributed by atoms with van der Waals surface area (Å²) < 4.78 is 7.24. The van der Waals surface area contributed by atoms with E-state index in [4.69, 9.17) is 4.74 Å². The van der Waals surface area contributed by atoms with E-state index in [2.05, 4.69) is 10.3 Å². The van der Waals surface area contributed by atoms with Crippen LogP contribution in [0.3, 0.4) is 0 Å². The second-order valence-corrected chi connectivity index (χ2v) is 6.71. The van der Waals surface area contributed by atoms with Crippen LogP contribution in [0.1, 0.15) is 10.5 Å². The van der Waals surface area contributed by atoms with E-state index in [-0.39, 0.29) is 23.3 Å². The molecule has 30 heavy (non-hydrogen) atoms. The molecule has 10 heteroatoms. The number of aryl methyl sites for hydroxylation is 1. The molecule has 0 aliphatic carbocycles. The van der Waals surface area contributed by atoms with Crippen molar-refractivity contribution in [3.63, 3.8) is 0 Å². The van der Waals surface area contributed by atoms with Crippen molar-refractivity contribution in [3.8, 4) is 5.75 Å². The molecule has 3 rings (SSSR count). The van der Waals surface area contributed by atoms with Crippen molar-refractivity contribution >= 4 is 28.5 Å². The molecule has 1 N–H and O–H groups in total. The largest absolute Gasteiger partial charge is 0.497 e. The number of methoxy groups -OCH3 is 1. The van der Waals surface area contributed by atoms with Gasteiger partial charge >= 0.3 is 5.69 Å². The maximum Gasteiger partial charge on any atom is 0.332 e. The molecule has 0 saturated heterocycles. The number of fused-ring (bicyclic) bond motifs is 1. The quantitative estimate of drug-likeness (QED) is 0.648. The van der Waals surface area contributed by atoms with Crippen LogP contribution in [0.25, 0.3) is 11.0 Å². The minimum atomic E-state index is -0.545. The van der Waals surface area contributed by atoms with Gasteiger partial charge in [-0.2, -0.15) is 0 Å². The van der Waals surface area contributed by atoms with Gasteiger partial charge in [-0.15, -0.1) is 0 Å². The first-order valence-electron chi connectivity index (χ1n) is 8.99. The number of rotatable bonds is 5. The Morgan fingerprint density at radius 1 is 1.07 bits per heavy atom. The Hall–Kier alpha value is -3.95. The summed E-state index contributed by atoms with van der Waals surface area (Å²) in [7, 11) is 5.85. The number of benzene rings is 1. The molecular weight excluding hydrogens is 390 g/mol. The fourth-order valence-electron chi connectivity index (χ4n) is 2.93. The van der Waals surface area contributed by atoms with E-state index in [1.54, 1.807) is 31.4 Å². The Morgan fingerprint density at radius 3 is 2.37 bits per heavy atom. The molecule has 0 atom stereocenters. The fourth-order valence-corrected chi connectivity index (χ4v) is 2.93. The first kappa shape index (κ1) is 20.8. The van der Waals surface area contributed by atoms with Crippen molar-refractivity contribution in [1.82, 2.24) is 19.0 Å². The van der Waals surface area contributed by atoms with Crippen LogP contribution in [0.15, 0.2) is 46.0 Å². The third-order valence-electron chi connectivity index (χ3n) is 4.62. The van der Waals surface area contributed by atoms with Gasteiger partial charge < -0.3 is 15.0 Å². The average Bonchev–Trinajstić information content (AvgIpc) is 2.75. The highest BCUT2D eigenvalue weighted by Gasteiger charge is 2.19. The van der Waals surface area contributed by atoms with E-state index in [9.17, 15) is 19.2 Å². The average molecular weight is 411 g/mol. The van der Waals surface area contributed by atoms with Gasteiger partial charge in [0.25, 0.3) is 11.5 Å². The first-order valence-corrected chi connectivity index (χ1v) is 8.99. The highest BCUT2D eigenvalue weighted by molar-refractivity contribution is 5.99. The molecule has 156 valence electrons. The van der Waals surface area contributed by atoms with Gasteiger partial charge in [0, 0.05) is 26.8 Å². The van der Waals surface area contributed by atoms with Gasteiger partial charge in [0.1, 0.15) is 17.1 Å². The number of pyridine rings is 1. The van der Waals surface area contributed by atoms with Gasteiger partial charge in [-0.05, 0) is 36.4 Å². The number of hydrogen-bond donors (Lipinski definition) is 1. The topological polar surface area (TPSA) is 116 Å². The predicted molar refractivity (Wildman–Crippen MR) is 111 cm³/mol. The van der Waals surface area contributed by atoms with Crippen molar-refractivity contribution < 1.29 is 14.3 Å². The van der Waals surface area contributed by atoms with Crippen molar-refractivity contribution in [3.05, 3.63) is 62.9 Å². The lowest BCUT2D eigenvalue weighted by atomic mass is 10.2. The van der Waals surface area contributed by atoms with Crippen LogP contribution in [0.5, 0.6) is 5.75 Å². The highest BCUT2D eigenvalue weighted by Crippen LogP contribution is 2.15. The van der Waals surface area contributed by atoms with Gasteiger partial charge in [0.2, 0.25) is 5.91 Å². The van der Waals surface area contributed by atoms with Crippen molar-refractivity contribution in [1.29, 1.82) is 0 Å². The number of hydrogen-bond acceptors (Lipinski definition) is 6.